The lowest BCUT2D eigenvalue weighted by molar-refractivity contribution is -0.131. The molecule has 0 spiro atoms. The lowest BCUT2D eigenvalue weighted by Crippen LogP contribution is -2.64. The predicted octanol–water partition coefficient (Wildman–Crippen LogP) is 1.61. The summed E-state index contributed by atoms with van der Waals surface area (Å²) in [5.74, 6) is -0.723. The van der Waals surface area contributed by atoms with Crippen LogP contribution < -0.4 is 25.2 Å². The lowest BCUT2D eigenvalue weighted by atomic mass is 9.98. The van der Waals surface area contributed by atoms with E-state index < -0.39 is 17.5 Å². The first kappa shape index (κ1) is 23.1. The van der Waals surface area contributed by atoms with Crippen LogP contribution in [0.2, 0.25) is 0 Å². The highest BCUT2D eigenvalue weighted by Gasteiger charge is 2.53. The van der Waals surface area contributed by atoms with Gasteiger partial charge in [0.05, 0.1) is 17.9 Å². The summed E-state index contributed by atoms with van der Waals surface area (Å²) in [6, 6.07) is 13.8. The van der Waals surface area contributed by atoms with E-state index in [1.165, 1.54) is 4.90 Å². The standard InChI is InChI=1S/C24H26N4O6/c1-3-33-18-10-6-7-11-19(18)34-15-21(30)26-25-20(29)14-27-23(32)16-8-4-5-9-17(16)28-22(31)12-13-24(27,28)2/h4-11H,3,12-15H2,1-2H3,(H,25,29)(H,26,30). The van der Waals surface area contributed by atoms with E-state index >= 15 is 0 Å². The number of para-hydroxylation sites is 3. The summed E-state index contributed by atoms with van der Waals surface area (Å²) in [5, 5.41) is 0. The summed E-state index contributed by atoms with van der Waals surface area (Å²) in [7, 11) is 0. The van der Waals surface area contributed by atoms with Crippen LogP contribution in [0.5, 0.6) is 11.5 Å². The SMILES string of the molecule is CCOc1ccccc1OCC(=O)NNC(=O)CN1C(=O)c2ccccc2N2C(=O)CCC12C. The topological polar surface area (TPSA) is 117 Å². The number of benzene rings is 2. The van der Waals surface area contributed by atoms with Gasteiger partial charge in [-0.3, -0.25) is 34.9 Å². The van der Waals surface area contributed by atoms with Crippen LogP contribution in [0.4, 0.5) is 5.69 Å². The van der Waals surface area contributed by atoms with Crippen molar-refractivity contribution in [2.24, 2.45) is 0 Å². The largest absolute Gasteiger partial charge is 0.490 e. The number of carbonyl (C=O) groups is 4. The molecule has 10 heteroatoms. The second-order valence-electron chi connectivity index (χ2n) is 8.12. The Morgan fingerprint density at radius 3 is 2.35 bits per heavy atom. The maximum Gasteiger partial charge on any atom is 0.276 e. The van der Waals surface area contributed by atoms with Gasteiger partial charge in [-0.25, -0.2) is 0 Å². The molecule has 0 aromatic heterocycles. The third-order valence-electron chi connectivity index (χ3n) is 5.90. The van der Waals surface area contributed by atoms with Crippen LogP contribution in [0.25, 0.3) is 0 Å². The number of anilines is 1. The van der Waals surface area contributed by atoms with Crippen molar-refractivity contribution in [3.05, 3.63) is 54.1 Å². The first-order valence-corrected chi connectivity index (χ1v) is 11.0. The van der Waals surface area contributed by atoms with Crippen molar-refractivity contribution in [1.29, 1.82) is 0 Å². The maximum atomic E-state index is 13.2. The zero-order chi connectivity index (χ0) is 24.3. The Bertz CT molecular complexity index is 1140. The van der Waals surface area contributed by atoms with Crippen LogP contribution >= 0.6 is 0 Å². The number of nitrogens with zero attached hydrogens (tertiary/aromatic N) is 2. The monoisotopic (exact) mass is 466 g/mol. The summed E-state index contributed by atoms with van der Waals surface area (Å²) in [6.07, 6.45) is 0.673. The van der Waals surface area contributed by atoms with E-state index in [1.54, 1.807) is 60.4 Å². The molecule has 34 heavy (non-hydrogen) atoms. The van der Waals surface area contributed by atoms with Crippen molar-refractivity contribution in [1.82, 2.24) is 15.8 Å². The van der Waals surface area contributed by atoms with Gasteiger partial charge in [-0.1, -0.05) is 24.3 Å². The molecule has 4 rings (SSSR count). The average molecular weight is 466 g/mol. The molecule has 1 fully saturated rings. The second-order valence-corrected chi connectivity index (χ2v) is 8.12. The number of amides is 4. The molecule has 2 aliphatic heterocycles. The first-order valence-electron chi connectivity index (χ1n) is 11.0. The second kappa shape index (κ2) is 9.42. The number of hydrogen-bond donors (Lipinski definition) is 2. The van der Waals surface area contributed by atoms with E-state index in [0.717, 1.165) is 0 Å². The minimum Gasteiger partial charge on any atom is -0.490 e. The van der Waals surface area contributed by atoms with Crippen molar-refractivity contribution in [3.8, 4) is 11.5 Å². The first-order chi connectivity index (χ1) is 16.3. The number of carbonyl (C=O) groups excluding carboxylic acids is 4. The van der Waals surface area contributed by atoms with Gasteiger partial charge in [-0.2, -0.15) is 0 Å². The smallest absolute Gasteiger partial charge is 0.276 e. The van der Waals surface area contributed by atoms with E-state index in [-0.39, 0.29) is 31.4 Å². The molecule has 10 nitrogen and oxygen atoms in total. The normalized spacial score (nSPS) is 18.8. The molecule has 1 saturated heterocycles. The van der Waals surface area contributed by atoms with E-state index in [4.69, 9.17) is 9.47 Å². The number of fused-ring (bicyclic) bond motifs is 3. The van der Waals surface area contributed by atoms with Crippen LogP contribution in [-0.4, -0.2) is 54.0 Å². The summed E-state index contributed by atoms with van der Waals surface area (Å²) in [4.78, 5) is 53.5. The summed E-state index contributed by atoms with van der Waals surface area (Å²) in [6.45, 7) is 3.37. The minimum absolute atomic E-state index is 0.106. The summed E-state index contributed by atoms with van der Waals surface area (Å²) < 4.78 is 10.9. The number of hydrazine groups is 1. The van der Waals surface area contributed by atoms with Crippen LogP contribution in [0, 0.1) is 0 Å². The Balaban J connectivity index is 1.37. The van der Waals surface area contributed by atoms with Crippen LogP contribution in [0.1, 0.15) is 37.0 Å². The summed E-state index contributed by atoms with van der Waals surface area (Å²) >= 11 is 0. The fraction of sp³-hybridized carbons (Fsp3) is 0.333. The van der Waals surface area contributed by atoms with Crippen molar-refractivity contribution >= 4 is 29.3 Å². The van der Waals surface area contributed by atoms with Crippen molar-refractivity contribution in [2.75, 3.05) is 24.7 Å². The highest BCUT2D eigenvalue weighted by Crippen LogP contribution is 2.43. The maximum absolute atomic E-state index is 13.2. The van der Waals surface area contributed by atoms with E-state index in [9.17, 15) is 19.2 Å². The van der Waals surface area contributed by atoms with Gasteiger partial charge in [0.1, 0.15) is 12.2 Å². The highest BCUT2D eigenvalue weighted by molar-refractivity contribution is 6.11. The number of rotatable bonds is 7. The zero-order valence-corrected chi connectivity index (χ0v) is 19.0. The molecule has 178 valence electrons. The lowest BCUT2D eigenvalue weighted by Gasteiger charge is -2.48. The number of hydrogen-bond acceptors (Lipinski definition) is 6. The van der Waals surface area contributed by atoms with Gasteiger partial charge in [-0.15, -0.1) is 0 Å². The molecular weight excluding hydrogens is 440 g/mol. The third-order valence-corrected chi connectivity index (χ3v) is 5.90. The Kier molecular flexibility index (Phi) is 6.40. The molecule has 2 aromatic rings. The van der Waals surface area contributed by atoms with Crippen molar-refractivity contribution in [2.45, 2.75) is 32.4 Å². The Labute approximate surface area is 196 Å². The quantitative estimate of drug-likeness (QED) is 0.599. The number of nitrogens with one attached hydrogen (secondary N) is 2. The van der Waals surface area contributed by atoms with Gasteiger partial charge < -0.3 is 14.4 Å². The van der Waals surface area contributed by atoms with Gasteiger partial charge >= 0.3 is 0 Å². The molecule has 2 aromatic carbocycles. The van der Waals surface area contributed by atoms with Crippen molar-refractivity contribution in [3.63, 3.8) is 0 Å². The van der Waals surface area contributed by atoms with Crippen LogP contribution in [0.15, 0.2) is 48.5 Å². The zero-order valence-electron chi connectivity index (χ0n) is 19.0. The Morgan fingerprint density at radius 1 is 0.971 bits per heavy atom. The molecule has 4 amide bonds. The Morgan fingerprint density at radius 2 is 1.62 bits per heavy atom. The molecule has 1 unspecified atom stereocenters. The van der Waals surface area contributed by atoms with E-state index in [2.05, 4.69) is 10.9 Å². The summed E-state index contributed by atoms with van der Waals surface area (Å²) in [5.41, 5.74) is 4.54. The number of ether oxygens (including phenoxy) is 2. The van der Waals surface area contributed by atoms with E-state index in [0.29, 0.717) is 35.8 Å². The van der Waals surface area contributed by atoms with Gasteiger partial charge in [0.25, 0.3) is 17.7 Å². The van der Waals surface area contributed by atoms with Crippen LogP contribution in [0.3, 0.4) is 0 Å². The van der Waals surface area contributed by atoms with Gasteiger partial charge in [0.2, 0.25) is 5.91 Å². The predicted molar refractivity (Wildman–Crippen MR) is 122 cm³/mol. The molecule has 0 bridgehead atoms. The third kappa shape index (κ3) is 4.26. The van der Waals surface area contributed by atoms with Gasteiger partial charge in [0, 0.05) is 6.42 Å². The molecule has 2 aliphatic rings. The Hall–Kier alpha value is -4.08. The van der Waals surface area contributed by atoms with Crippen LogP contribution in [-0.2, 0) is 14.4 Å². The minimum atomic E-state index is -0.962. The van der Waals surface area contributed by atoms with Gasteiger partial charge in [-0.05, 0) is 44.5 Å². The highest BCUT2D eigenvalue weighted by atomic mass is 16.5. The van der Waals surface area contributed by atoms with Crippen molar-refractivity contribution < 1.29 is 28.7 Å². The molecule has 2 N–H and O–H groups in total. The molecule has 0 radical (unpaired) electrons. The molecule has 0 saturated carbocycles. The van der Waals surface area contributed by atoms with E-state index in [1.807, 2.05) is 6.92 Å². The average Bonchev–Trinajstić information content (AvgIpc) is 3.15. The molecule has 2 heterocycles. The molecule has 0 aliphatic carbocycles. The fourth-order valence-corrected chi connectivity index (χ4v) is 4.29. The molecule has 1 atom stereocenters. The molecular formula is C24H26N4O6. The van der Waals surface area contributed by atoms with Gasteiger partial charge in [0.15, 0.2) is 18.1 Å². The fourth-order valence-electron chi connectivity index (χ4n) is 4.29.